The first-order chi connectivity index (χ1) is 15.7. The van der Waals surface area contributed by atoms with Gasteiger partial charge in [-0.05, 0) is 30.3 Å². The Labute approximate surface area is 184 Å². The molecule has 0 aliphatic heterocycles. The standard InChI is InChI=1S/C21H12F4N4O3S/c22-17-6-7-18(29-33(30,31)15-3-1-2-14(9-15)32-21(24)25)19(23)16(17)5-4-12-8-13-11-27-28-20(13)26-10-12/h1-3,6-11,21,29H,(H,26,27,28). The molecule has 4 rings (SSSR count). The Balaban J connectivity index is 1.64. The third-order valence-electron chi connectivity index (χ3n) is 4.30. The van der Waals surface area contributed by atoms with Crippen LogP contribution in [0.25, 0.3) is 11.0 Å². The molecule has 33 heavy (non-hydrogen) atoms. The molecule has 0 saturated heterocycles. The molecule has 168 valence electrons. The van der Waals surface area contributed by atoms with Crippen LogP contribution in [0.3, 0.4) is 0 Å². The summed E-state index contributed by atoms with van der Waals surface area (Å²) in [6.07, 6.45) is 2.88. The van der Waals surface area contributed by atoms with E-state index in [9.17, 15) is 26.0 Å². The average Bonchev–Trinajstić information content (AvgIpc) is 3.23. The zero-order chi connectivity index (χ0) is 23.6. The largest absolute Gasteiger partial charge is 0.435 e. The Morgan fingerprint density at radius 1 is 1.06 bits per heavy atom. The highest BCUT2D eigenvalue weighted by molar-refractivity contribution is 7.92. The van der Waals surface area contributed by atoms with E-state index in [1.807, 2.05) is 4.72 Å². The van der Waals surface area contributed by atoms with Gasteiger partial charge in [0, 0.05) is 23.2 Å². The Bertz CT molecular complexity index is 1510. The van der Waals surface area contributed by atoms with Crippen LogP contribution in [0.15, 0.2) is 59.8 Å². The number of benzene rings is 2. The number of aromatic nitrogens is 3. The highest BCUT2D eigenvalue weighted by Crippen LogP contribution is 2.25. The van der Waals surface area contributed by atoms with Gasteiger partial charge in [-0.25, -0.2) is 22.2 Å². The predicted octanol–water partition coefficient (Wildman–Crippen LogP) is 4.04. The Morgan fingerprint density at radius 2 is 1.88 bits per heavy atom. The second-order valence-electron chi connectivity index (χ2n) is 6.52. The molecule has 0 spiro atoms. The maximum atomic E-state index is 14.9. The lowest BCUT2D eigenvalue weighted by atomic mass is 10.1. The maximum absolute atomic E-state index is 14.9. The van der Waals surface area contributed by atoms with Crippen LogP contribution in [0.2, 0.25) is 0 Å². The molecule has 2 aromatic heterocycles. The first kappa shape index (κ1) is 22.1. The minimum atomic E-state index is -4.41. The molecule has 2 N–H and O–H groups in total. The van der Waals surface area contributed by atoms with E-state index in [0.29, 0.717) is 16.6 Å². The number of hydrogen-bond acceptors (Lipinski definition) is 5. The first-order valence-electron chi connectivity index (χ1n) is 9.10. The predicted molar refractivity (Wildman–Crippen MR) is 110 cm³/mol. The number of alkyl halides is 2. The lowest BCUT2D eigenvalue weighted by Gasteiger charge is -2.11. The van der Waals surface area contributed by atoms with E-state index >= 15 is 0 Å². The van der Waals surface area contributed by atoms with Gasteiger partial charge >= 0.3 is 6.61 Å². The molecule has 0 radical (unpaired) electrons. The number of pyridine rings is 1. The van der Waals surface area contributed by atoms with Gasteiger partial charge in [0.1, 0.15) is 11.6 Å². The molecule has 7 nitrogen and oxygen atoms in total. The van der Waals surface area contributed by atoms with Crippen LogP contribution in [0, 0.1) is 23.5 Å². The summed E-state index contributed by atoms with van der Waals surface area (Å²) in [4.78, 5) is 3.60. The fourth-order valence-corrected chi connectivity index (χ4v) is 3.90. The van der Waals surface area contributed by atoms with Crippen molar-refractivity contribution in [3.63, 3.8) is 0 Å². The summed E-state index contributed by atoms with van der Waals surface area (Å²) in [5, 5.41) is 7.11. The lowest BCUT2D eigenvalue weighted by Crippen LogP contribution is -2.15. The van der Waals surface area contributed by atoms with E-state index < -0.39 is 50.2 Å². The summed E-state index contributed by atoms with van der Waals surface area (Å²) in [6, 6.07) is 7.58. The van der Waals surface area contributed by atoms with Gasteiger partial charge in [0.25, 0.3) is 10.0 Å². The quantitative estimate of drug-likeness (QED) is 0.335. The van der Waals surface area contributed by atoms with Crippen LogP contribution in [-0.4, -0.2) is 30.2 Å². The molecule has 12 heteroatoms. The van der Waals surface area contributed by atoms with Crippen molar-refractivity contribution in [2.45, 2.75) is 11.5 Å². The minimum absolute atomic E-state index is 0.351. The van der Waals surface area contributed by atoms with Crippen molar-refractivity contribution < 1.29 is 30.7 Å². The average molecular weight is 476 g/mol. The number of nitrogens with one attached hydrogen (secondary N) is 2. The number of anilines is 1. The molecule has 0 atom stereocenters. The number of fused-ring (bicyclic) bond motifs is 1. The minimum Gasteiger partial charge on any atom is -0.435 e. The summed E-state index contributed by atoms with van der Waals surface area (Å²) in [6.45, 7) is -3.16. The molecule has 0 unspecified atom stereocenters. The van der Waals surface area contributed by atoms with Gasteiger partial charge in [0.15, 0.2) is 11.5 Å². The SMILES string of the molecule is O=S(=O)(Nc1ccc(F)c(C#Cc2cnc3[nH]ncc3c2)c1F)c1cccc(OC(F)F)c1. The van der Waals surface area contributed by atoms with E-state index in [4.69, 9.17) is 0 Å². The number of H-pyrrole nitrogens is 1. The van der Waals surface area contributed by atoms with Crippen LogP contribution < -0.4 is 9.46 Å². The van der Waals surface area contributed by atoms with E-state index in [2.05, 4.69) is 31.8 Å². The summed E-state index contributed by atoms with van der Waals surface area (Å²) in [7, 11) is -4.41. The molecule has 4 aromatic rings. The van der Waals surface area contributed by atoms with Gasteiger partial charge in [-0.15, -0.1) is 0 Å². The van der Waals surface area contributed by atoms with Crippen LogP contribution in [0.4, 0.5) is 23.2 Å². The van der Waals surface area contributed by atoms with Crippen LogP contribution in [0.1, 0.15) is 11.1 Å². The van der Waals surface area contributed by atoms with Gasteiger partial charge in [-0.1, -0.05) is 17.9 Å². The molecule has 0 fully saturated rings. The van der Waals surface area contributed by atoms with Crippen LogP contribution >= 0.6 is 0 Å². The van der Waals surface area contributed by atoms with Crippen molar-refractivity contribution in [2.75, 3.05) is 4.72 Å². The number of nitrogens with zero attached hydrogens (tertiary/aromatic N) is 2. The number of ether oxygens (including phenoxy) is 1. The fraction of sp³-hybridized carbons (Fsp3) is 0.0476. The first-order valence-corrected chi connectivity index (χ1v) is 10.6. The topological polar surface area (TPSA) is 97.0 Å². The summed E-state index contributed by atoms with van der Waals surface area (Å²) in [5.74, 6) is 2.26. The highest BCUT2D eigenvalue weighted by Gasteiger charge is 2.20. The molecule has 0 aliphatic rings. The van der Waals surface area contributed by atoms with Crippen molar-refractivity contribution in [3.05, 3.63) is 77.6 Å². The smallest absolute Gasteiger partial charge is 0.387 e. The molecular weight excluding hydrogens is 464 g/mol. The normalized spacial score (nSPS) is 11.3. The fourth-order valence-electron chi connectivity index (χ4n) is 2.81. The molecule has 0 bridgehead atoms. The van der Waals surface area contributed by atoms with Crippen LogP contribution in [0.5, 0.6) is 5.75 Å². The number of sulfonamides is 1. The van der Waals surface area contributed by atoms with Crippen molar-refractivity contribution >= 4 is 26.7 Å². The molecular formula is C21H12F4N4O3S. The molecule has 2 aromatic carbocycles. The second kappa shape index (κ2) is 8.79. The number of aromatic amines is 1. The Kier molecular flexibility index (Phi) is 5.89. The van der Waals surface area contributed by atoms with Crippen molar-refractivity contribution in [2.24, 2.45) is 0 Å². The summed E-state index contributed by atoms with van der Waals surface area (Å²) >= 11 is 0. The zero-order valence-corrected chi connectivity index (χ0v) is 17.1. The monoisotopic (exact) mass is 476 g/mol. The Hall–Kier alpha value is -4.11. The number of hydrogen-bond donors (Lipinski definition) is 2. The summed E-state index contributed by atoms with van der Waals surface area (Å²) in [5.41, 5.74) is -0.386. The lowest BCUT2D eigenvalue weighted by molar-refractivity contribution is -0.0499. The van der Waals surface area contributed by atoms with Gasteiger partial charge in [-0.3, -0.25) is 9.82 Å². The van der Waals surface area contributed by atoms with Gasteiger partial charge in [0.05, 0.1) is 22.3 Å². The van der Waals surface area contributed by atoms with E-state index in [1.165, 1.54) is 18.5 Å². The zero-order valence-electron chi connectivity index (χ0n) is 16.3. The Morgan fingerprint density at radius 3 is 2.67 bits per heavy atom. The number of halogens is 4. The van der Waals surface area contributed by atoms with Crippen molar-refractivity contribution in [3.8, 4) is 17.6 Å². The van der Waals surface area contributed by atoms with E-state index in [1.54, 1.807) is 6.07 Å². The van der Waals surface area contributed by atoms with Gasteiger partial charge < -0.3 is 4.74 Å². The molecule has 2 heterocycles. The summed E-state index contributed by atoms with van der Waals surface area (Å²) < 4.78 is 85.3. The van der Waals surface area contributed by atoms with Crippen LogP contribution in [-0.2, 0) is 10.0 Å². The van der Waals surface area contributed by atoms with Gasteiger partial charge in [0.2, 0.25) is 0 Å². The molecule has 0 aliphatic carbocycles. The van der Waals surface area contributed by atoms with E-state index in [-0.39, 0.29) is 0 Å². The van der Waals surface area contributed by atoms with E-state index in [0.717, 1.165) is 30.3 Å². The highest BCUT2D eigenvalue weighted by atomic mass is 32.2. The van der Waals surface area contributed by atoms with Gasteiger partial charge in [-0.2, -0.15) is 13.9 Å². The third-order valence-corrected chi connectivity index (χ3v) is 5.66. The molecule has 0 saturated carbocycles. The number of rotatable bonds is 5. The maximum Gasteiger partial charge on any atom is 0.387 e. The van der Waals surface area contributed by atoms with Crippen molar-refractivity contribution in [1.82, 2.24) is 15.2 Å². The molecule has 0 amide bonds. The third kappa shape index (κ3) is 4.88. The second-order valence-corrected chi connectivity index (χ2v) is 8.21. The van der Waals surface area contributed by atoms with Crippen molar-refractivity contribution in [1.29, 1.82) is 0 Å².